The van der Waals surface area contributed by atoms with Gasteiger partial charge in [-0.25, -0.2) is 0 Å². The Morgan fingerprint density at radius 2 is 1.85 bits per heavy atom. The summed E-state index contributed by atoms with van der Waals surface area (Å²) in [6, 6.07) is 17.5. The molecule has 1 heterocycles. The van der Waals surface area contributed by atoms with Crippen LogP contribution in [0.1, 0.15) is 11.1 Å². The van der Waals surface area contributed by atoms with E-state index in [9.17, 15) is 8.42 Å². The first-order valence-electron chi connectivity index (χ1n) is 7.53. The largest absolute Gasteiger partial charge is 0.380 e. The maximum atomic E-state index is 11.0. The van der Waals surface area contributed by atoms with Crippen molar-refractivity contribution in [3.8, 4) is 11.8 Å². The Hall–Kier alpha value is -3.35. The highest BCUT2D eigenvalue weighted by Crippen LogP contribution is 2.20. The summed E-state index contributed by atoms with van der Waals surface area (Å²) in [5.74, 6) is 0.139. The average Bonchev–Trinajstić information content (AvgIpc) is 3.14. The van der Waals surface area contributed by atoms with Gasteiger partial charge >= 0.3 is 10.3 Å². The van der Waals surface area contributed by atoms with Crippen molar-refractivity contribution < 1.29 is 12.6 Å². The van der Waals surface area contributed by atoms with Gasteiger partial charge in [0.05, 0.1) is 30.1 Å². The van der Waals surface area contributed by atoms with E-state index in [4.69, 9.17) is 10.4 Å². The Balaban J connectivity index is 1.85. The second-order valence-electron chi connectivity index (χ2n) is 5.36. The Morgan fingerprint density at radius 1 is 1.15 bits per heavy atom. The molecule has 2 aromatic carbocycles. The molecule has 0 saturated heterocycles. The van der Waals surface area contributed by atoms with Crippen LogP contribution in [-0.2, 0) is 16.8 Å². The Morgan fingerprint density at radius 3 is 2.38 bits per heavy atom. The third-order valence-electron chi connectivity index (χ3n) is 3.50. The van der Waals surface area contributed by atoms with Crippen molar-refractivity contribution in [2.24, 2.45) is 5.14 Å². The quantitative estimate of drug-likeness (QED) is 0.709. The van der Waals surface area contributed by atoms with Crippen molar-refractivity contribution >= 4 is 16.0 Å². The molecule has 1 aromatic heterocycles. The lowest BCUT2D eigenvalue weighted by Gasteiger charge is -2.24. The topological polar surface area (TPSA) is 114 Å². The van der Waals surface area contributed by atoms with Crippen molar-refractivity contribution in [2.75, 3.05) is 5.01 Å². The van der Waals surface area contributed by atoms with Crippen LogP contribution in [0, 0.1) is 11.3 Å². The van der Waals surface area contributed by atoms with Crippen LogP contribution in [0.15, 0.2) is 67.0 Å². The number of benzene rings is 2. The molecule has 3 aromatic rings. The van der Waals surface area contributed by atoms with Gasteiger partial charge in [-0.1, -0.05) is 12.1 Å². The summed E-state index contributed by atoms with van der Waals surface area (Å²) in [5.41, 5.74) is 2.31. The summed E-state index contributed by atoms with van der Waals surface area (Å²) in [7, 11) is -4.05. The molecule has 0 amide bonds. The molecule has 132 valence electrons. The Bertz CT molecular complexity index is 1010. The van der Waals surface area contributed by atoms with Crippen LogP contribution in [-0.4, -0.2) is 18.3 Å². The monoisotopic (exact) mass is 369 g/mol. The molecule has 0 saturated carbocycles. The zero-order valence-electron chi connectivity index (χ0n) is 13.6. The highest BCUT2D eigenvalue weighted by molar-refractivity contribution is 7.84. The predicted octanol–water partition coefficient (Wildman–Crippen LogP) is 1.81. The van der Waals surface area contributed by atoms with Crippen molar-refractivity contribution in [2.45, 2.75) is 6.54 Å². The van der Waals surface area contributed by atoms with Gasteiger partial charge in [-0.3, -0.25) is 5.01 Å². The number of aromatic nitrogens is 2. The van der Waals surface area contributed by atoms with Gasteiger partial charge in [0, 0.05) is 6.20 Å². The first-order valence-corrected chi connectivity index (χ1v) is 9.00. The molecule has 0 aliphatic carbocycles. The second-order valence-corrected chi connectivity index (χ2v) is 6.52. The summed E-state index contributed by atoms with van der Waals surface area (Å²) < 4.78 is 26.6. The molecule has 0 spiro atoms. The predicted molar refractivity (Wildman–Crippen MR) is 95.1 cm³/mol. The number of nitrogens with zero attached hydrogens (tertiary/aromatic N) is 4. The maximum absolute atomic E-state index is 11.0. The molecule has 0 bridgehead atoms. The molecule has 0 fully saturated rings. The summed E-state index contributed by atoms with van der Waals surface area (Å²) in [6.07, 6.45) is 3.47. The number of nitriles is 1. The SMILES string of the molecule is N#Cc1ccc(N(Cc2ccc(OS(N)(=O)=O)cc2)n2cccn2)cc1. The molecule has 9 heteroatoms. The van der Waals surface area contributed by atoms with E-state index in [2.05, 4.69) is 15.4 Å². The van der Waals surface area contributed by atoms with Gasteiger partial charge in [0.25, 0.3) is 0 Å². The van der Waals surface area contributed by atoms with Crippen LogP contribution < -0.4 is 14.3 Å². The molecule has 0 radical (unpaired) electrons. The van der Waals surface area contributed by atoms with E-state index in [0.717, 1.165) is 11.3 Å². The Labute approximate surface area is 150 Å². The fourth-order valence-electron chi connectivity index (χ4n) is 2.35. The molecule has 0 atom stereocenters. The summed E-state index contributed by atoms with van der Waals surface area (Å²) in [5, 5.41) is 20.0. The van der Waals surface area contributed by atoms with E-state index in [1.54, 1.807) is 47.5 Å². The number of anilines is 1. The molecule has 0 unspecified atom stereocenters. The third kappa shape index (κ3) is 4.38. The van der Waals surface area contributed by atoms with Gasteiger partial charge < -0.3 is 4.18 Å². The number of nitrogens with two attached hydrogens (primary N) is 1. The number of rotatable bonds is 6. The highest BCUT2D eigenvalue weighted by Gasteiger charge is 2.11. The van der Waals surface area contributed by atoms with Crippen molar-refractivity contribution in [1.29, 1.82) is 5.26 Å². The fraction of sp³-hybridized carbons (Fsp3) is 0.0588. The minimum absolute atomic E-state index is 0.139. The third-order valence-corrected chi connectivity index (χ3v) is 3.93. The fourth-order valence-corrected chi connectivity index (χ4v) is 2.73. The lowest BCUT2D eigenvalue weighted by molar-refractivity contribution is 0.487. The Kier molecular flexibility index (Phi) is 4.88. The standard InChI is InChI=1S/C17H15N5O3S/c18-12-14-2-6-16(7-3-14)21(22-11-1-10-20-22)13-15-4-8-17(9-5-15)25-26(19,23)24/h1-11H,13H2,(H2,19,23,24). The van der Waals surface area contributed by atoms with Crippen LogP contribution in [0.25, 0.3) is 0 Å². The summed E-state index contributed by atoms with van der Waals surface area (Å²) >= 11 is 0. The van der Waals surface area contributed by atoms with Gasteiger partial charge in [-0.05, 0) is 48.0 Å². The van der Waals surface area contributed by atoms with Gasteiger partial charge in [0.1, 0.15) is 5.75 Å². The normalized spacial score (nSPS) is 10.9. The van der Waals surface area contributed by atoms with E-state index in [0.29, 0.717) is 12.1 Å². The smallest absolute Gasteiger partial charge is 0.371 e. The van der Waals surface area contributed by atoms with Crippen LogP contribution in [0.5, 0.6) is 5.75 Å². The van der Waals surface area contributed by atoms with E-state index in [1.165, 1.54) is 12.1 Å². The van der Waals surface area contributed by atoms with E-state index in [1.807, 2.05) is 17.1 Å². The average molecular weight is 369 g/mol. The highest BCUT2D eigenvalue weighted by atomic mass is 32.2. The zero-order valence-corrected chi connectivity index (χ0v) is 14.4. The van der Waals surface area contributed by atoms with Crippen LogP contribution >= 0.6 is 0 Å². The first-order chi connectivity index (χ1) is 12.4. The molecule has 2 N–H and O–H groups in total. The van der Waals surface area contributed by atoms with Crippen molar-refractivity contribution in [3.05, 3.63) is 78.1 Å². The minimum atomic E-state index is -4.05. The van der Waals surface area contributed by atoms with E-state index in [-0.39, 0.29) is 5.75 Å². The maximum Gasteiger partial charge on any atom is 0.380 e. The molecule has 0 aliphatic heterocycles. The van der Waals surface area contributed by atoms with Gasteiger partial charge in [0.15, 0.2) is 0 Å². The molecule has 8 nitrogen and oxygen atoms in total. The van der Waals surface area contributed by atoms with Gasteiger partial charge in [-0.2, -0.15) is 28.7 Å². The molecule has 26 heavy (non-hydrogen) atoms. The zero-order chi connectivity index (χ0) is 18.6. The molecular formula is C17H15N5O3S. The minimum Gasteiger partial charge on any atom is -0.371 e. The number of hydrogen-bond acceptors (Lipinski definition) is 6. The van der Waals surface area contributed by atoms with Crippen molar-refractivity contribution in [3.63, 3.8) is 0 Å². The van der Waals surface area contributed by atoms with E-state index >= 15 is 0 Å². The van der Waals surface area contributed by atoms with Crippen LogP contribution in [0.3, 0.4) is 0 Å². The van der Waals surface area contributed by atoms with Crippen molar-refractivity contribution in [1.82, 2.24) is 9.89 Å². The summed E-state index contributed by atoms with van der Waals surface area (Å²) in [4.78, 5) is 1.68. The van der Waals surface area contributed by atoms with Gasteiger partial charge in [0.2, 0.25) is 0 Å². The lowest BCUT2D eigenvalue weighted by atomic mass is 10.2. The summed E-state index contributed by atoms with van der Waals surface area (Å²) in [6.45, 7) is 0.462. The van der Waals surface area contributed by atoms with Crippen LogP contribution in [0.4, 0.5) is 5.69 Å². The lowest BCUT2D eigenvalue weighted by Crippen LogP contribution is -2.29. The molecule has 0 aliphatic rings. The second kappa shape index (κ2) is 7.26. The van der Waals surface area contributed by atoms with Crippen LogP contribution in [0.2, 0.25) is 0 Å². The molecule has 3 rings (SSSR count). The molecular weight excluding hydrogens is 354 g/mol. The van der Waals surface area contributed by atoms with E-state index < -0.39 is 10.3 Å². The first kappa shape index (κ1) is 17.5. The number of hydrogen-bond donors (Lipinski definition) is 1. The van der Waals surface area contributed by atoms with Gasteiger partial charge in [-0.15, -0.1) is 0 Å².